The highest BCUT2D eigenvalue weighted by Gasteiger charge is 2.15. The highest BCUT2D eigenvalue weighted by Crippen LogP contribution is 2.12. The number of aliphatic imine (C=N–C) groups is 1. The summed E-state index contributed by atoms with van der Waals surface area (Å²) in [6.45, 7) is 6.47. The van der Waals surface area contributed by atoms with Crippen molar-refractivity contribution in [1.82, 2.24) is 10.2 Å². The van der Waals surface area contributed by atoms with Crippen LogP contribution in [0.3, 0.4) is 0 Å². The quantitative estimate of drug-likeness (QED) is 0.443. The molecule has 0 saturated carbocycles. The topological polar surface area (TPSA) is 46.1 Å². The maximum atomic E-state index is 5.93. The molecule has 2 rings (SSSR count). The predicted octanol–water partition coefficient (Wildman–Crippen LogP) is 2.93. The average Bonchev–Trinajstić information content (AvgIpc) is 3.09. The molecule has 1 heterocycles. The summed E-state index contributed by atoms with van der Waals surface area (Å²) in [6.07, 6.45) is 2.52. The maximum absolute atomic E-state index is 5.93. The Kier molecular flexibility index (Phi) is 8.36. The van der Waals surface area contributed by atoms with E-state index in [9.17, 15) is 0 Å². The van der Waals surface area contributed by atoms with Gasteiger partial charge < -0.3 is 19.7 Å². The molecule has 1 aromatic carbocycles. The van der Waals surface area contributed by atoms with Gasteiger partial charge in [-0.15, -0.1) is 0 Å². The summed E-state index contributed by atoms with van der Waals surface area (Å²) in [4.78, 5) is 6.73. The van der Waals surface area contributed by atoms with Gasteiger partial charge in [-0.3, -0.25) is 4.99 Å². The number of guanidine groups is 1. The highest BCUT2D eigenvalue weighted by atomic mass is 35.5. The van der Waals surface area contributed by atoms with E-state index >= 15 is 0 Å². The van der Waals surface area contributed by atoms with Gasteiger partial charge >= 0.3 is 0 Å². The fraction of sp³-hybridized carbons (Fsp3) is 0.611. The monoisotopic (exact) mass is 353 g/mol. The molecule has 1 N–H and O–H groups in total. The third-order valence-corrected chi connectivity index (χ3v) is 4.11. The van der Waals surface area contributed by atoms with Gasteiger partial charge in [0.1, 0.15) is 0 Å². The zero-order valence-corrected chi connectivity index (χ0v) is 15.4. The standard InChI is InChI=1S/C18H28ClN3O2/c1-3-20-18(21-10-12-23-14-17-5-4-11-24-17)22(2)13-15-6-8-16(19)9-7-15/h6-9,17H,3-5,10-14H2,1-2H3,(H,20,21). The molecule has 1 fully saturated rings. The molecule has 1 aliphatic rings. The molecule has 24 heavy (non-hydrogen) atoms. The Morgan fingerprint density at radius 2 is 2.21 bits per heavy atom. The van der Waals surface area contributed by atoms with Gasteiger partial charge in [0.15, 0.2) is 5.96 Å². The molecule has 0 radical (unpaired) electrons. The van der Waals surface area contributed by atoms with Crippen molar-refractivity contribution < 1.29 is 9.47 Å². The second kappa shape index (κ2) is 10.5. The van der Waals surface area contributed by atoms with Crippen LogP contribution in [0.1, 0.15) is 25.3 Å². The summed E-state index contributed by atoms with van der Waals surface area (Å²) >= 11 is 5.93. The van der Waals surface area contributed by atoms with Crippen LogP contribution in [0.4, 0.5) is 0 Å². The van der Waals surface area contributed by atoms with Crippen LogP contribution in [0.15, 0.2) is 29.3 Å². The van der Waals surface area contributed by atoms with E-state index in [-0.39, 0.29) is 6.10 Å². The Morgan fingerprint density at radius 3 is 2.88 bits per heavy atom. The fourth-order valence-corrected chi connectivity index (χ4v) is 2.74. The van der Waals surface area contributed by atoms with E-state index in [2.05, 4.69) is 22.1 Å². The van der Waals surface area contributed by atoms with E-state index in [4.69, 9.17) is 21.1 Å². The minimum absolute atomic E-state index is 0.273. The fourth-order valence-electron chi connectivity index (χ4n) is 2.61. The van der Waals surface area contributed by atoms with Gasteiger partial charge in [-0.2, -0.15) is 0 Å². The van der Waals surface area contributed by atoms with Crippen molar-refractivity contribution in [1.29, 1.82) is 0 Å². The first-order valence-electron chi connectivity index (χ1n) is 8.62. The summed E-state index contributed by atoms with van der Waals surface area (Å²) in [5, 5.41) is 4.07. The molecule has 1 atom stereocenters. The molecule has 0 bridgehead atoms. The predicted molar refractivity (Wildman–Crippen MR) is 98.7 cm³/mol. The normalized spacial score (nSPS) is 18.0. The zero-order valence-electron chi connectivity index (χ0n) is 14.6. The Balaban J connectivity index is 1.76. The zero-order chi connectivity index (χ0) is 17.2. The lowest BCUT2D eigenvalue weighted by Gasteiger charge is -2.22. The lowest BCUT2D eigenvalue weighted by Crippen LogP contribution is -2.38. The molecular formula is C18H28ClN3O2. The summed E-state index contributed by atoms with van der Waals surface area (Å²) < 4.78 is 11.2. The number of hydrogen-bond acceptors (Lipinski definition) is 3. The number of ether oxygens (including phenoxy) is 2. The van der Waals surface area contributed by atoms with E-state index < -0.39 is 0 Å². The lowest BCUT2D eigenvalue weighted by atomic mass is 10.2. The van der Waals surface area contributed by atoms with Crippen LogP contribution in [0.25, 0.3) is 0 Å². The van der Waals surface area contributed by atoms with Crippen molar-refractivity contribution in [3.8, 4) is 0 Å². The first-order chi connectivity index (χ1) is 11.7. The highest BCUT2D eigenvalue weighted by molar-refractivity contribution is 6.30. The first kappa shape index (κ1) is 19.0. The van der Waals surface area contributed by atoms with Crippen molar-refractivity contribution in [2.24, 2.45) is 4.99 Å². The van der Waals surface area contributed by atoms with Gasteiger partial charge in [-0.25, -0.2) is 0 Å². The SMILES string of the molecule is CCNC(=NCCOCC1CCCO1)N(C)Cc1ccc(Cl)cc1. The van der Waals surface area contributed by atoms with Crippen molar-refractivity contribution in [2.45, 2.75) is 32.4 Å². The largest absolute Gasteiger partial charge is 0.377 e. The van der Waals surface area contributed by atoms with E-state index in [0.717, 1.165) is 43.5 Å². The van der Waals surface area contributed by atoms with Crippen LogP contribution in [0.5, 0.6) is 0 Å². The molecule has 6 heteroatoms. The minimum Gasteiger partial charge on any atom is -0.377 e. The van der Waals surface area contributed by atoms with Crippen LogP contribution in [0, 0.1) is 0 Å². The van der Waals surface area contributed by atoms with E-state index in [1.54, 1.807) is 0 Å². The summed E-state index contributed by atoms with van der Waals surface area (Å²) in [5.41, 5.74) is 1.20. The van der Waals surface area contributed by atoms with Gasteiger partial charge in [-0.1, -0.05) is 23.7 Å². The second-order valence-electron chi connectivity index (χ2n) is 5.93. The second-order valence-corrected chi connectivity index (χ2v) is 6.36. The van der Waals surface area contributed by atoms with Crippen LogP contribution in [-0.2, 0) is 16.0 Å². The van der Waals surface area contributed by atoms with Gasteiger partial charge in [-0.05, 0) is 37.5 Å². The van der Waals surface area contributed by atoms with Crippen LogP contribution >= 0.6 is 11.6 Å². The van der Waals surface area contributed by atoms with Gasteiger partial charge in [0.2, 0.25) is 0 Å². The first-order valence-corrected chi connectivity index (χ1v) is 9.00. The van der Waals surface area contributed by atoms with Crippen molar-refractivity contribution in [2.75, 3.05) is 40.0 Å². The van der Waals surface area contributed by atoms with Gasteiger partial charge in [0.25, 0.3) is 0 Å². The van der Waals surface area contributed by atoms with Crippen molar-refractivity contribution in [3.63, 3.8) is 0 Å². The number of rotatable bonds is 8. The van der Waals surface area contributed by atoms with Crippen LogP contribution in [-0.4, -0.2) is 56.9 Å². The van der Waals surface area contributed by atoms with Crippen molar-refractivity contribution >= 4 is 17.6 Å². The third-order valence-electron chi connectivity index (χ3n) is 3.85. The van der Waals surface area contributed by atoms with Gasteiger partial charge in [0, 0.05) is 31.8 Å². The molecule has 134 valence electrons. The van der Waals surface area contributed by atoms with Crippen molar-refractivity contribution in [3.05, 3.63) is 34.9 Å². The molecule has 1 saturated heterocycles. The van der Waals surface area contributed by atoms with Crippen LogP contribution < -0.4 is 5.32 Å². The molecule has 1 unspecified atom stereocenters. The minimum atomic E-state index is 0.273. The number of hydrogen-bond donors (Lipinski definition) is 1. The third kappa shape index (κ3) is 6.67. The molecular weight excluding hydrogens is 326 g/mol. The van der Waals surface area contributed by atoms with E-state index in [1.807, 2.05) is 31.3 Å². The molecule has 0 spiro atoms. The summed E-state index contributed by atoms with van der Waals surface area (Å²) in [6, 6.07) is 7.89. The summed E-state index contributed by atoms with van der Waals surface area (Å²) in [7, 11) is 2.03. The average molecular weight is 354 g/mol. The van der Waals surface area contributed by atoms with E-state index in [1.165, 1.54) is 5.56 Å². The number of nitrogens with zero attached hydrogens (tertiary/aromatic N) is 2. The van der Waals surface area contributed by atoms with Gasteiger partial charge in [0.05, 0.1) is 25.9 Å². The van der Waals surface area contributed by atoms with Crippen LogP contribution in [0.2, 0.25) is 5.02 Å². The Bertz CT molecular complexity index is 501. The van der Waals surface area contributed by atoms with E-state index in [0.29, 0.717) is 19.8 Å². The molecule has 5 nitrogen and oxygen atoms in total. The maximum Gasteiger partial charge on any atom is 0.194 e. The number of benzene rings is 1. The summed E-state index contributed by atoms with van der Waals surface area (Å²) in [5.74, 6) is 0.883. The molecule has 0 aliphatic carbocycles. The molecule has 0 amide bonds. The molecule has 1 aromatic rings. The number of halogens is 1. The molecule has 1 aliphatic heterocycles. The Labute approximate surface area is 150 Å². The number of nitrogens with one attached hydrogen (secondary N) is 1. The Hall–Kier alpha value is -1.30. The Morgan fingerprint density at radius 1 is 1.42 bits per heavy atom. The smallest absolute Gasteiger partial charge is 0.194 e. The lowest BCUT2D eigenvalue weighted by molar-refractivity contribution is 0.0199. The molecule has 0 aromatic heterocycles.